The van der Waals surface area contributed by atoms with E-state index in [9.17, 15) is 29.1 Å². The molecule has 0 bridgehead atoms. The molecule has 1 aromatic carbocycles. The van der Waals surface area contributed by atoms with Crippen molar-refractivity contribution in [1.82, 2.24) is 20.5 Å². The monoisotopic (exact) mass is 516 g/mol. The highest BCUT2D eigenvalue weighted by Crippen LogP contribution is 2.26. The Kier molecular flexibility index (Phi) is 8.87. The van der Waals surface area contributed by atoms with Gasteiger partial charge in [0.1, 0.15) is 24.1 Å². The number of aliphatic hydroxyl groups excluding tert-OH is 1. The normalized spacial score (nSPS) is 17.1. The topological polar surface area (TPSA) is 178 Å². The van der Waals surface area contributed by atoms with Crippen LogP contribution in [0.4, 0.5) is 4.79 Å². The number of ether oxygens (including phenoxy) is 1. The number of fused-ring (bicyclic) bond motifs is 1. The van der Waals surface area contributed by atoms with E-state index >= 15 is 0 Å². The Morgan fingerprint density at radius 2 is 1.92 bits per heavy atom. The van der Waals surface area contributed by atoms with Crippen molar-refractivity contribution in [2.75, 3.05) is 20.3 Å². The van der Waals surface area contributed by atoms with Gasteiger partial charge in [-0.05, 0) is 43.4 Å². The molecular formula is C25H32N4O8. The molecule has 1 fully saturated rings. The third-order valence-corrected chi connectivity index (χ3v) is 6.35. The lowest BCUT2D eigenvalue weighted by Crippen LogP contribution is -2.53. The van der Waals surface area contributed by atoms with Gasteiger partial charge in [0, 0.05) is 23.4 Å². The number of methoxy groups -OCH3 is 1. The predicted molar refractivity (Wildman–Crippen MR) is 132 cm³/mol. The molecule has 5 N–H and O–H groups in total. The molecule has 3 rings (SSSR count). The van der Waals surface area contributed by atoms with Crippen LogP contribution < -0.4 is 15.4 Å². The van der Waals surface area contributed by atoms with E-state index in [4.69, 9.17) is 9.84 Å². The lowest BCUT2D eigenvalue weighted by atomic mass is 9.95. The van der Waals surface area contributed by atoms with Crippen molar-refractivity contribution < 1.29 is 38.9 Å². The quantitative estimate of drug-likeness (QED) is 0.296. The number of nitrogens with one attached hydrogen (secondary N) is 3. The van der Waals surface area contributed by atoms with Crippen LogP contribution in [0.2, 0.25) is 0 Å². The van der Waals surface area contributed by atoms with Crippen molar-refractivity contribution in [2.45, 2.75) is 45.2 Å². The number of nitrogens with zero attached hydrogens (tertiary/aromatic N) is 1. The average molecular weight is 517 g/mol. The molecule has 2 aromatic rings. The molecule has 4 amide bonds. The summed E-state index contributed by atoms with van der Waals surface area (Å²) < 4.78 is 5.32. The molecule has 2 heterocycles. The van der Waals surface area contributed by atoms with Gasteiger partial charge >= 0.3 is 6.09 Å². The summed E-state index contributed by atoms with van der Waals surface area (Å²) in [6.07, 6.45) is -1.07. The second kappa shape index (κ2) is 11.9. The second-order valence-electron chi connectivity index (χ2n) is 9.44. The number of benzene rings is 1. The molecule has 12 heteroatoms. The minimum Gasteiger partial charge on any atom is -0.496 e. The van der Waals surface area contributed by atoms with Gasteiger partial charge in [0.15, 0.2) is 5.78 Å². The summed E-state index contributed by atoms with van der Waals surface area (Å²) in [5.74, 6) is -2.76. The van der Waals surface area contributed by atoms with E-state index in [0.717, 1.165) is 0 Å². The summed E-state index contributed by atoms with van der Waals surface area (Å²) in [4.78, 5) is 65.9. The van der Waals surface area contributed by atoms with Crippen LogP contribution in [0.1, 0.15) is 43.6 Å². The van der Waals surface area contributed by atoms with Crippen LogP contribution in [0.25, 0.3) is 10.9 Å². The van der Waals surface area contributed by atoms with Crippen molar-refractivity contribution in [3.8, 4) is 5.75 Å². The molecular weight excluding hydrogens is 484 g/mol. The molecule has 1 aromatic heterocycles. The van der Waals surface area contributed by atoms with Crippen molar-refractivity contribution in [2.24, 2.45) is 11.8 Å². The third kappa shape index (κ3) is 6.45. The van der Waals surface area contributed by atoms with Crippen molar-refractivity contribution in [3.05, 3.63) is 30.0 Å². The maximum Gasteiger partial charge on any atom is 0.414 e. The number of Topliss-reactive ketones (excluding diaryl/α,β-unsaturated/α-hetero) is 1. The van der Waals surface area contributed by atoms with E-state index in [1.54, 1.807) is 24.3 Å². The number of hydrogen-bond acceptors (Lipinski definition) is 7. The number of carbonyl (C=O) groups excluding carboxylic acids is 4. The van der Waals surface area contributed by atoms with Gasteiger partial charge in [-0.3, -0.25) is 19.2 Å². The maximum atomic E-state index is 13.2. The maximum absolute atomic E-state index is 13.2. The van der Waals surface area contributed by atoms with Gasteiger partial charge in [-0.25, -0.2) is 9.69 Å². The molecule has 200 valence electrons. The van der Waals surface area contributed by atoms with Gasteiger partial charge in [0.05, 0.1) is 13.2 Å². The van der Waals surface area contributed by atoms with Crippen LogP contribution in [-0.2, 0) is 14.4 Å². The van der Waals surface area contributed by atoms with Crippen LogP contribution in [0, 0.1) is 11.8 Å². The van der Waals surface area contributed by atoms with Crippen molar-refractivity contribution in [1.29, 1.82) is 0 Å². The highest BCUT2D eigenvalue weighted by atomic mass is 16.5. The molecule has 0 radical (unpaired) electrons. The molecule has 1 aliphatic rings. The summed E-state index contributed by atoms with van der Waals surface area (Å²) in [6, 6.07) is 4.71. The molecule has 1 aliphatic heterocycles. The number of ketones is 1. The molecule has 0 aliphatic carbocycles. The van der Waals surface area contributed by atoms with E-state index in [1.807, 2.05) is 13.8 Å². The van der Waals surface area contributed by atoms with Gasteiger partial charge < -0.3 is 30.6 Å². The fourth-order valence-electron chi connectivity index (χ4n) is 4.45. The van der Waals surface area contributed by atoms with Gasteiger partial charge in [-0.15, -0.1) is 0 Å². The Morgan fingerprint density at radius 3 is 2.51 bits per heavy atom. The second-order valence-corrected chi connectivity index (χ2v) is 9.44. The van der Waals surface area contributed by atoms with E-state index in [0.29, 0.717) is 21.6 Å². The zero-order chi connectivity index (χ0) is 27.3. The number of carboxylic acid groups (broad SMARTS) is 1. The molecule has 0 unspecified atom stereocenters. The van der Waals surface area contributed by atoms with Crippen LogP contribution in [-0.4, -0.2) is 82.0 Å². The zero-order valence-electron chi connectivity index (χ0n) is 20.9. The Hall–Kier alpha value is -3.93. The Labute approximate surface area is 213 Å². The van der Waals surface area contributed by atoms with Crippen LogP contribution in [0.5, 0.6) is 5.75 Å². The van der Waals surface area contributed by atoms with E-state index in [-0.39, 0.29) is 37.4 Å². The summed E-state index contributed by atoms with van der Waals surface area (Å²) in [7, 11) is 1.52. The minimum atomic E-state index is -1.38. The Balaban J connectivity index is 1.75. The molecule has 0 saturated carbocycles. The number of carbonyl (C=O) groups is 5. The first-order valence-corrected chi connectivity index (χ1v) is 12.0. The van der Waals surface area contributed by atoms with Crippen LogP contribution in [0.3, 0.4) is 0 Å². The largest absolute Gasteiger partial charge is 0.496 e. The lowest BCUT2D eigenvalue weighted by molar-refractivity contribution is -0.133. The third-order valence-electron chi connectivity index (χ3n) is 6.35. The van der Waals surface area contributed by atoms with Crippen molar-refractivity contribution in [3.63, 3.8) is 0 Å². The zero-order valence-corrected chi connectivity index (χ0v) is 20.9. The van der Waals surface area contributed by atoms with Crippen LogP contribution >= 0.6 is 0 Å². The standard InChI is InChI=1S/C25H32N4O8/c1-13(2)9-18(28-23(33)19-11-15-16(26-19)5-4-6-21(15)37-3)22(32)27-17(20(31)12-30)10-14-7-8-29(24(14)34)25(35)36/h4-6,11,13-14,17-18,26,30H,7-10,12H2,1-3H3,(H,27,32)(H,28,33)(H,35,36)/t14-,17-,18-/m0/s1. The fraction of sp³-hybridized carbons (Fsp3) is 0.480. The van der Waals surface area contributed by atoms with E-state index in [2.05, 4.69) is 15.6 Å². The summed E-state index contributed by atoms with van der Waals surface area (Å²) in [5.41, 5.74) is 0.897. The number of rotatable bonds is 11. The Morgan fingerprint density at radius 1 is 1.19 bits per heavy atom. The number of likely N-dealkylation sites (tertiary alicyclic amines) is 1. The fourth-order valence-corrected chi connectivity index (χ4v) is 4.45. The van der Waals surface area contributed by atoms with Gasteiger partial charge in [-0.2, -0.15) is 0 Å². The first-order chi connectivity index (χ1) is 17.5. The number of aromatic amines is 1. The molecule has 12 nitrogen and oxygen atoms in total. The van der Waals surface area contributed by atoms with Gasteiger partial charge in [0.25, 0.3) is 5.91 Å². The van der Waals surface area contributed by atoms with E-state index in [1.165, 1.54) is 7.11 Å². The van der Waals surface area contributed by atoms with Crippen LogP contribution in [0.15, 0.2) is 24.3 Å². The highest BCUT2D eigenvalue weighted by molar-refractivity contribution is 6.02. The van der Waals surface area contributed by atoms with Gasteiger partial charge in [0.2, 0.25) is 11.8 Å². The SMILES string of the molecule is COc1cccc2[nH]c(C(=O)N[C@@H](CC(C)C)C(=O)N[C@@H](C[C@@H]3CCN(C(=O)O)C3=O)C(=O)CO)cc12. The number of amides is 4. The summed E-state index contributed by atoms with van der Waals surface area (Å²) >= 11 is 0. The first kappa shape index (κ1) is 27.7. The highest BCUT2D eigenvalue weighted by Gasteiger charge is 2.39. The smallest absolute Gasteiger partial charge is 0.414 e. The summed E-state index contributed by atoms with van der Waals surface area (Å²) in [5, 5.41) is 24.5. The number of aliphatic hydroxyl groups is 1. The average Bonchev–Trinajstić information content (AvgIpc) is 3.46. The molecule has 0 spiro atoms. The predicted octanol–water partition coefficient (Wildman–Crippen LogP) is 1.28. The van der Waals surface area contributed by atoms with Crippen molar-refractivity contribution >= 4 is 40.5 Å². The number of hydrogen-bond donors (Lipinski definition) is 5. The molecule has 3 atom stereocenters. The lowest BCUT2D eigenvalue weighted by Gasteiger charge is -2.24. The minimum absolute atomic E-state index is 0.00582. The molecule has 37 heavy (non-hydrogen) atoms. The molecule has 1 saturated heterocycles. The number of aromatic nitrogens is 1. The van der Waals surface area contributed by atoms with Gasteiger partial charge in [-0.1, -0.05) is 19.9 Å². The Bertz CT molecular complexity index is 1190. The summed E-state index contributed by atoms with van der Waals surface area (Å²) in [6.45, 7) is 2.86. The number of H-pyrrole nitrogens is 1. The number of imide groups is 1. The first-order valence-electron chi connectivity index (χ1n) is 12.0. The van der Waals surface area contributed by atoms with E-state index < -0.39 is 54.2 Å².